The molecule has 1 aliphatic rings. The number of hydrogen-bond donors (Lipinski definition) is 1. The first-order chi connectivity index (χ1) is 8.18. The molecular weight excluding hydrogens is 270 g/mol. The van der Waals surface area contributed by atoms with Crippen LogP contribution in [-0.4, -0.2) is 40.5 Å². The Morgan fingerprint density at radius 3 is 2.67 bits per heavy atom. The van der Waals surface area contributed by atoms with Crippen molar-refractivity contribution in [1.29, 1.82) is 5.41 Å². The molecule has 0 saturated carbocycles. The molecule has 1 heterocycles. The Balaban J connectivity index is 0.00000162. The van der Waals surface area contributed by atoms with E-state index >= 15 is 0 Å². The highest BCUT2D eigenvalue weighted by Gasteiger charge is 2.26. The number of urea groups is 1. The summed E-state index contributed by atoms with van der Waals surface area (Å²) < 4.78 is 0. The number of amides is 2. The van der Waals surface area contributed by atoms with E-state index in [-0.39, 0.29) is 18.4 Å². The highest BCUT2D eigenvalue weighted by Crippen LogP contribution is 2.18. The van der Waals surface area contributed by atoms with Crippen molar-refractivity contribution in [2.75, 3.05) is 19.5 Å². The molecule has 0 bridgehead atoms. The van der Waals surface area contributed by atoms with E-state index in [0.717, 1.165) is 6.42 Å². The number of carbonyl (C=O) groups excluding carboxylic acids is 1. The van der Waals surface area contributed by atoms with Crippen LogP contribution in [0.3, 0.4) is 0 Å². The number of nitrogens with zero attached hydrogens (tertiary/aromatic N) is 2. The molecule has 98 valence electrons. The standard InChI is InChI=1S/C12H15N3OS.ClH/c1-14-11(13)17-9-15(12(14)16)8-7-10-5-3-2-4-6-10;/h2-6,13H,7-9H2,1H3;1H. The summed E-state index contributed by atoms with van der Waals surface area (Å²) in [5.41, 5.74) is 1.23. The second-order valence-electron chi connectivity index (χ2n) is 3.92. The molecule has 2 rings (SSSR count). The minimum Gasteiger partial charge on any atom is -0.314 e. The van der Waals surface area contributed by atoms with Gasteiger partial charge in [0.05, 0.1) is 5.88 Å². The van der Waals surface area contributed by atoms with Crippen molar-refractivity contribution in [2.45, 2.75) is 6.42 Å². The summed E-state index contributed by atoms with van der Waals surface area (Å²) in [7, 11) is 1.65. The van der Waals surface area contributed by atoms with Crippen LogP contribution in [0.1, 0.15) is 5.56 Å². The Labute approximate surface area is 117 Å². The lowest BCUT2D eigenvalue weighted by Crippen LogP contribution is -2.48. The second-order valence-corrected chi connectivity index (χ2v) is 4.85. The summed E-state index contributed by atoms with van der Waals surface area (Å²) >= 11 is 1.39. The SMILES string of the molecule is CN1C(=N)SCN(CCc2ccccc2)C1=O.Cl. The molecule has 4 nitrogen and oxygen atoms in total. The normalized spacial score (nSPS) is 15.6. The Morgan fingerprint density at radius 1 is 1.33 bits per heavy atom. The summed E-state index contributed by atoms with van der Waals surface area (Å²) in [6.45, 7) is 0.702. The van der Waals surface area contributed by atoms with E-state index in [1.54, 1.807) is 11.9 Å². The molecule has 2 amide bonds. The van der Waals surface area contributed by atoms with Crippen molar-refractivity contribution in [3.8, 4) is 0 Å². The fraction of sp³-hybridized carbons (Fsp3) is 0.333. The molecule has 1 aromatic carbocycles. The van der Waals surface area contributed by atoms with Gasteiger partial charge in [0.1, 0.15) is 0 Å². The smallest absolute Gasteiger partial charge is 0.314 e. The zero-order valence-electron chi connectivity index (χ0n) is 10.1. The lowest BCUT2D eigenvalue weighted by atomic mass is 10.1. The monoisotopic (exact) mass is 285 g/mol. The second kappa shape index (κ2) is 6.66. The molecule has 0 aliphatic carbocycles. The van der Waals surface area contributed by atoms with Crippen LogP contribution in [0.25, 0.3) is 0 Å². The molecule has 1 aromatic rings. The van der Waals surface area contributed by atoms with Crippen molar-refractivity contribution in [3.63, 3.8) is 0 Å². The largest absolute Gasteiger partial charge is 0.326 e. The van der Waals surface area contributed by atoms with E-state index in [9.17, 15) is 4.79 Å². The Bertz CT molecular complexity index is 427. The predicted molar refractivity (Wildman–Crippen MR) is 77.4 cm³/mol. The summed E-state index contributed by atoms with van der Waals surface area (Å²) in [5.74, 6) is 0.578. The third-order valence-corrected chi connectivity index (χ3v) is 3.72. The van der Waals surface area contributed by atoms with Crippen molar-refractivity contribution < 1.29 is 4.79 Å². The number of benzene rings is 1. The highest BCUT2D eigenvalue weighted by atomic mass is 35.5. The third-order valence-electron chi connectivity index (χ3n) is 2.73. The minimum absolute atomic E-state index is 0. The molecule has 1 aliphatic heterocycles. The molecule has 0 aromatic heterocycles. The molecular formula is C12H16ClN3OS. The summed E-state index contributed by atoms with van der Waals surface area (Å²) in [6.07, 6.45) is 0.855. The lowest BCUT2D eigenvalue weighted by molar-refractivity contribution is 0.189. The van der Waals surface area contributed by atoms with Gasteiger partial charge in [0.25, 0.3) is 0 Å². The molecule has 1 N–H and O–H groups in total. The molecule has 1 saturated heterocycles. The van der Waals surface area contributed by atoms with Gasteiger partial charge in [0.15, 0.2) is 5.17 Å². The molecule has 6 heteroatoms. The van der Waals surface area contributed by atoms with Gasteiger partial charge in [-0.25, -0.2) is 4.79 Å². The zero-order valence-corrected chi connectivity index (χ0v) is 11.8. The van der Waals surface area contributed by atoms with Gasteiger partial charge in [0.2, 0.25) is 0 Å². The first-order valence-corrected chi connectivity index (χ1v) is 6.45. The lowest BCUT2D eigenvalue weighted by Gasteiger charge is -2.32. The number of hydrogen-bond acceptors (Lipinski definition) is 3. The predicted octanol–water partition coefficient (Wildman–Crippen LogP) is 2.64. The average molecular weight is 286 g/mol. The van der Waals surface area contributed by atoms with E-state index in [1.807, 2.05) is 18.2 Å². The fourth-order valence-corrected chi connectivity index (χ4v) is 2.45. The maximum atomic E-state index is 11.9. The molecule has 0 spiro atoms. The van der Waals surface area contributed by atoms with E-state index in [1.165, 1.54) is 22.2 Å². The number of halogens is 1. The van der Waals surface area contributed by atoms with Crippen LogP contribution < -0.4 is 0 Å². The Morgan fingerprint density at radius 2 is 2.00 bits per heavy atom. The summed E-state index contributed by atoms with van der Waals surface area (Å²) in [6, 6.07) is 10.0. The van der Waals surface area contributed by atoms with Gasteiger partial charge in [-0.3, -0.25) is 10.3 Å². The van der Waals surface area contributed by atoms with E-state index in [0.29, 0.717) is 17.6 Å². The first kappa shape index (κ1) is 14.9. The topological polar surface area (TPSA) is 47.4 Å². The van der Waals surface area contributed by atoms with E-state index in [2.05, 4.69) is 12.1 Å². The maximum absolute atomic E-state index is 11.9. The quantitative estimate of drug-likeness (QED) is 0.928. The van der Waals surface area contributed by atoms with E-state index < -0.39 is 0 Å². The van der Waals surface area contributed by atoms with Gasteiger partial charge in [-0.05, 0) is 12.0 Å². The highest BCUT2D eigenvalue weighted by molar-refractivity contribution is 8.13. The molecule has 0 atom stereocenters. The first-order valence-electron chi connectivity index (χ1n) is 5.46. The molecule has 18 heavy (non-hydrogen) atoms. The number of nitrogens with one attached hydrogen (secondary N) is 1. The Kier molecular flexibility index (Phi) is 5.50. The molecule has 0 radical (unpaired) electrons. The zero-order chi connectivity index (χ0) is 12.3. The fourth-order valence-electron chi connectivity index (χ4n) is 1.66. The number of carbonyl (C=O) groups is 1. The van der Waals surface area contributed by atoms with Crippen molar-refractivity contribution in [3.05, 3.63) is 35.9 Å². The van der Waals surface area contributed by atoms with Crippen LogP contribution in [0, 0.1) is 5.41 Å². The molecule has 1 fully saturated rings. The average Bonchev–Trinajstić information content (AvgIpc) is 2.36. The van der Waals surface area contributed by atoms with Crippen LogP contribution in [0.2, 0.25) is 0 Å². The van der Waals surface area contributed by atoms with Gasteiger partial charge < -0.3 is 4.90 Å². The maximum Gasteiger partial charge on any atom is 0.326 e. The van der Waals surface area contributed by atoms with Crippen LogP contribution in [-0.2, 0) is 6.42 Å². The van der Waals surface area contributed by atoms with Gasteiger partial charge in [0, 0.05) is 13.6 Å². The van der Waals surface area contributed by atoms with Gasteiger partial charge >= 0.3 is 6.03 Å². The van der Waals surface area contributed by atoms with Crippen molar-refractivity contribution >= 4 is 35.4 Å². The number of amidine groups is 1. The van der Waals surface area contributed by atoms with Crippen LogP contribution >= 0.6 is 24.2 Å². The Hall–Kier alpha value is -1.20. The number of rotatable bonds is 3. The summed E-state index contributed by atoms with van der Waals surface area (Å²) in [5, 5.41) is 7.88. The number of thioether (sulfide) groups is 1. The van der Waals surface area contributed by atoms with E-state index in [4.69, 9.17) is 5.41 Å². The molecule has 0 unspecified atom stereocenters. The third kappa shape index (κ3) is 3.40. The van der Waals surface area contributed by atoms with Crippen LogP contribution in [0.15, 0.2) is 30.3 Å². The van der Waals surface area contributed by atoms with Crippen LogP contribution in [0.5, 0.6) is 0 Å². The van der Waals surface area contributed by atoms with Crippen molar-refractivity contribution in [1.82, 2.24) is 9.80 Å². The van der Waals surface area contributed by atoms with Crippen molar-refractivity contribution in [2.24, 2.45) is 0 Å². The minimum atomic E-state index is -0.0790. The van der Waals surface area contributed by atoms with Crippen LogP contribution in [0.4, 0.5) is 4.79 Å². The van der Waals surface area contributed by atoms with Gasteiger partial charge in [-0.2, -0.15) is 0 Å². The van der Waals surface area contributed by atoms with Gasteiger partial charge in [-0.1, -0.05) is 42.1 Å². The summed E-state index contributed by atoms with van der Waals surface area (Å²) in [4.78, 5) is 15.0. The van der Waals surface area contributed by atoms with Gasteiger partial charge in [-0.15, -0.1) is 12.4 Å².